The van der Waals surface area contributed by atoms with Crippen LogP contribution in [0.1, 0.15) is 19.2 Å². The van der Waals surface area contributed by atoms with E-state index in [1.165, 1.54) is 0 Å². The third kappa shape index (κ3) is 2.49. The molecule has 3 heterocycles. The fourth-order valence-electron chi connectivity index (χ4n) is 2.22. The average Bonchev–Trinajstić information content (AvgIpc) is 2.92. The molecule has 0 spiro atoms. The second kappa shape index (κ2) is 5.32. The molecule has 0 saturated heterocycles. The lowest BCUT2D eigenvalue weighted by atomic mass is 10.3. The SMILES string of the molecule is CCCNc1cc(N2CCn3cnnc3C2)nc(N)n1. The minimum absolute atomic E-state index is 0.285. The van der Waals surface area contributed by atoms with Gasteiger partial charge >= 0.3 is 0 Å². The van der Waals surface area contributed by atoms with E-state index < -0.39 is 0 Å². The fraction of sp³-hybridized carbons (Fsp3) is 0.500. The molecular weight excluding hydrogens is 256 g/mol. The zero-order valence-electron chi connectivity index (χ0n) is 11.5. The van der Waals surface area contributed by atoms with Gasteiger partial charge in [0.15, 0.2) is 5.82 Å². The van der Waals surface area contributed by atoms with Crippen molar-refractivity contribution in [2.75, 3.05) is 29.0 Å². The van der Waals surface area contributed by atoms with Gasteiger partial charge in [-0.1, -0.05) is 6.92 Å². The first kappa shape index (κ1) is 12.6. The molecule has 0 bridgehead atoms. The summed E-state index contributed by atoms with van der Waals surface area (Å²) in [6, 6.07) is 1.93. The Morgan fingerprint density at radius 2 is 2.25 bits per heavy atom. The number of fused-ring (bicyclic) bond motifs is 1. The molecule has 0 radical (unpaired) electrons. The largest absolute Gasteiger partial charge is 0.370 e. The van der Waals surface area contributed by atoms with E-state index >= 15 is 0 Å². The van der Waals surface area contributed by atoms with Gasteiger partial charge in [0.1, 0.15) is 18.0 Å². The quantitative estimate of drug-likeness (QED) is 0.837. The lowest BCUT2D eigenvalue weighted by molar-refractivity contribution is 0.556. The van der Waals surface area contributed by atoms with Gasteiger partial charge in [-0.2, -0.15) is 9.97 Å². The highest BCUT2D eigenvalue weighted by molar-refractivity contribution is 5.52. The average molecular weight is 274 g/mol. The van der Waals surface area contributed by atoms with E-state index in [9.17, 15) is 0 Å². The molecule has 1 aliphatic rings. The molecule has 3 N–H and O–H groups in total. The van der Waals surface area contributed by atoms with E-state index in [0.29, 0.717) is 6.54 Å². The van der Waals surface area contributed by atoms with Crippen LogP contribution in [0.5, 0.6) is 0 Å². The van der Waals surface area contributed by atoms with Crippen molar-refractivity contribution < 1.29 is 0 Å². The molecule has 2 aromatic rings. The summed E-state index contributed by atoms with van der Waals surface area (Å²) in [5.41, 5.74) is 5.79. The van der Waals surface area contributed by atoms with Crippen LogP contribution in [0.4, 0.5) is 17.6 Å². The number of nitrogen functional groups attached to an aromatic ring is 1. The zero-order chi connectivity index (χ0) is 13.9. The van der Waals surface area contributed by atoms with E-state index in [1.54, 1.807) is 6.33 Å². The predicted molar refractivity (Wildman–Crippen MR) is 76.3 cm³/mol. The molecule has 8 nitrogen and oxygen atoms in total. The van der Waals surface area contributed by atoms with Gasteiger partial charge < -0.3 is 20.5 Å². The van der Waals surface area contributed by atoms with Crippen LogP contribution in [0.25, 0.3) is 0 Å². The maximum Gasteiger partial charge on any atom is 0.223 e. The van der Waals surface area contributed by atoms with Gasteiger partial charge in [0.25, 0.3) is 0 Å². The number of nitrogens with zero attached hydrogens (tertiary/aromatic N) is 6. The minimum Gasteiger partial charge on any atom is -0.370 e. The van der Waals surface area contributed by atoms with Crippen molar-refractivity contribution in [3.05, 3.63) is 18.2 Å². The van der Waals surface area contributed by atoms with Crippen LogP contribution in [0, 0.1) is 0 Å². The van der Waals surface area contributed by atoms with Gasteiger partial charge in [0.2, 0.25) is 5.95 Å². The number of rotatable bonds is 4. The van der Waals surface area contributed by atoms with Crippen molar-refractivity contribution in [1.82, 2.24) is 24.7 Å². The number of nitrogens with one attached hydrogen (secondary N) is 1. The number of hydrogen-bond donors (Lipinski definition) is 2. The highest BCUT2D eigenvalue weighted by Gasteiger charge is 2.19. The number of aromatic nitrogens is 5. The Morgan fingerprint density at radius 1 is 1.35 bits per heavy atom. The lowest BCUT2D eigenvalue weighted by Gasteiger charge is -2.28. The Bertz CT molecular complexity index is 593. The van der Waals surface area contributed by atoms with Crippen LogP contribution in [0.15, 0.2) is 12.4 Å². The third-order valence-electron chi connectivity index (χ3n) is 3.25. The number of hydrogen-bond acceptors (Lipinski definition) is 7. The highest BCUT2D eigenvalue weighted by Crippen LogP contribution is 2.21. The standard InChI is InChI=1S/C12H18N8/c1-2-3-14-9-6-10(17-12(13)16-9)19-4-5-20-8-15-18-11(20)7-19/h6,8H,2-5,7H2,1H3,(H3,13,14,16,17). The highest BCUT2D eigenvalue weighted by atomic mass is 15.3. The maximum atomic E-state index is 5.79. The molecule has 20 heavy (non-hydrogen) atoms. The monoisotopic (exact) mass is 274 g/mol. The molecule has 0 saturated carbocycles. The van der Waals surface area contributed by atoms with Crippen molar-refractivity contribution in [3.8, 4) is 0 Å². The smallest absolute Gasteiger partial charge is 0.223 e. The molecule has 8 heteroatoms. The molecular formula is C12H18N8. The van der Waals surface area contributed by atoms with Crippen LogP contribution in [-0.2, 0) is 13.1 Å². The first-order valence-corrected chi connectivity index (χ1v) is 6.76. The zero-order valence-corrected chi connectivity index (χ0v) is 11.5. The summed E-state index contributed by atoms with van der Waals surface area (Å²) >= 11 is 0. The minimum atomic E-state index is 0.285. The Hall–Kier alpha value is -2.38. The van der Waals surface area contributed by atoms with E-state index in [2.05, 4.69) is 41.9 Å². The van der Waals surface area contributed by atoms with Crippen molar-refractivity contribution in [2.24, 2.45) is 0 Å². The second-order valence-corrected chi connectivity index (χ2v) is 4.76. The van der Waals surface area contributed by atoms with E-state index in [1.807, 2.05) is 6.07 Å². The number of anilines is 3. The first-order chi connectivity index (χ1) is 9.76. The molecule has 2 aromatic heterocycles. The summed E-state index contributed by atoms with van der Waals surface area (Å²) in [6.45, 7) is 5.36. The summed E-state index contributed by atoms with van der Waals surface area (Å²) in [5, 5.41) is 11.3. The summed E-state index contributed by atoms with van der Waals surface area (Å²) in [7, 11) is 0. The topological polar surface area (TPSA) is 97.8 Å². The fourth-order valence-corrected chi connectivity index (χ4v) is 2.22. The Labute approximate surface area is 117 Å². The van der Waals surface area contributed by atoms with Gasteiger partial charge in [-0.15, -0.1) is 10.2 Å². The Kier molecular flexibility index (Phi) is 3.36. The van der Waals surface area contributed by atoms with Gasteiger partial charge in [-0.25, -0.2) is 0 Å². The van der Waals surface area contributed by atoms with Crippen LogP contribution in [0.2, 0.25) is 0 Å². The molecule has 0 fully saturated rings. The maximum absolute atomic E-state index is 5.79. The van der Waals surface area contributed by atoms with Gasteiger partial charge in [0, 0.05) is 25.7 Å². The Balaban J connectivity index is 1.82. The third-order valence-corrected chi connectivity index (χ3v) is 3.25. The molecule has 0 aliphatic carbocycles. The van der Waals surface area contributed by atoms with Crippen molar-refractivity contribution in [2.45, 2.75) is 26.4 Å². The van der Waals surface area contributed by atoms with Crippen LogP contribution >= 0.6 is 0 Å². The summed E-state index contributed by atoms with van der Waals surface area (Å²) in [4.78, 5) is 10.7. The summed E-state index contributed by atoms with van der Waals surface area (Å²) in [6.07, 6.45) is 2.79. The predicted octanol–water partition coefficient (Wildman–Crippen LogP) is 0.492. The molecule has 0 aromatic carbocycles. The van der Waals surface area contributed by atoms with Crippen molar-refractivity contribution in [1.29, 1.82) is 0 Å². The van der Waals surface area contributed by atoms with Gasteiger partial charge in [0.05, 0.1) is 6.54 Å². The van der Waals surface area contributed by atoms with Crippen molar-refractivity contribution >= 4 is 17.6 Å². The van der Waals surface area contributed by atoms with Crippen molar-refractivity contribution in [3.63, 3.8) is 0 Å². The van der Waals surface area contributed by atoms with E-state index in [0.717, 1.165) is 43.5 Å². The van der Waals surface area contributed by atoms with E-state index in [4.69, 9.17) is 5.73 Å². The second-order valence-electron chi connectivity index (χ2n) is 4.76. The lowest BCUT2D eigenvalue weighted by Crippen LogP contribution is -2.34. The molecule has 0 amide bonds. The van der Waals surface area contributed by atoms with E-state index in [-0.39, 0.29) is 5.95 Å². The molecule has 1 aliphatic heterocycles. The Morgan fingerprint density at radius 3 is 3.10 bits per heavy atom. The number of nitrogens with two attached hydrogens (primary N) is 1. The normalized spacial score (nSPS) is 14.2. The molecule has 0 unspecified atom stereocenters. The van der Waals surface area contributed by atoms with Gasteiger partial charge in [-0.05, 0) is 6.42 Å². The van der Waals surface area contributed by atoms with Crippen LogP contribution < -0.4 is 16.0 Å². The first-order valence-electron chi connectivity index (χ1n) is 6.76. The van der Waals surface area contributed by atoms with Crippen LogP contribution in [-0.4, -0.2) is 37.8 Å². The molecule has 0 atom stereocenters. The van der Waals surface area contributed by atoms with Crippen LogP contribution in [0.3, 0.4) is 0 Å². The summed E-state index contributed by atoms with van der Waals surface area (Å²) in [5.74, 6) is 2.82. The summed E-state index contributed by atoms with van der Waals surface area (Å²) < 4.78 is 2.05. The molecule has 106 valence electrons. The molecule has 3 rings (SSSR count). The van der Waals surface area contributed by atoms with Gasteiger partial charge in [-0.3, -0.25) is 0 Å².